The molecule has 126 valence electrons. The van der Waals surface area contributed by atoms with Gasteiger partial charge in [0.25, 0.3) is 5.69 Å². The van der Waals surface area contributed by atoms with Gasteiger partial charge in [0, 0.05) is 18.6 Å². The number of hydrogen-bond donors (Lipinski definition) is 2. The molecular weight excluding hydrogens is 294 g/mol. The van der Waals surface area contributed by atoms with E-state index < -0.39 is 10.5 Å². The summed E-state index contributed by atoms with van der Waals surface area (Å²) in [6.07, 6.45) is 3.73. The van der Waals surface area contributed by atoms with Gasteiger partial charge < -0.3 is 10.6 Å². The lowest BCUT2D eigenvalue weighted by molar-refractivity contribution is -0.384. The topological polar surface area (TPSA) is 84.3 Å². The van der Waals surface area contributed by atoms with Crippen molar-refractivity contribution in [3.63, 3.8) is 0 Å². The maximum absolute atomic E-state index is 12.2. The van der Waals surface area contributed by atoms with Gasteiger partial charge in [-0.3, -0.25) is 14.9 Å². The third-order valence-electron chi connectivity index (χ3n) is 4.49. The van der Waals surface area contributed by atoms with Gasteiger partial charge in [-0.1, -0.05) is 0 Å². The molecule has 1 saturated heterocycles. The Hall–Kier alpha value is -1.95. The van der Waals surface area contributed by atoms with Crippen molar-refractivity contribution in [3.8, 4) is 0 Å². The summed E-state index contributed by atoms with van der Waals surface area (Å²) in [5.74, 6) is 0.663. The van der Waals surface area contributed by atoms with Crippen molar-refractivity contribution in [2.24, 2.45) is 5.92 Å². The first-order valence-electron chi connectivity index (χ1n) is 8.15. The first-order valence-corrected chi connectivity index (χ1v) is 8.15. The Morgan fingerprint density at radius 2 is 1.91 bits per heavy atom. The van der Waals surface area contributed by atoms with E-state index in [1.54, 1.807) is 12.1 Å². The third kappa shape index (κ3) is 5.03. The lowest BCUT2D eigenvalue weighted by Gasteiger charge is -2.28. The van der Waals surface area contributed by atoms with Crippen molar-refractivity contribution < 1.29 is 9.72 Å². The van der Waals surface area contributed by atoms with Crippen molar-refractivity contribution in [2.45, 2.75) is 45.1 Å². The molecule has 0 saturated carbocycles. The van der Waals surface area contributed by atoms with Crippen LogP contribution in [0.4, 0.5) is 5.69 Å². The molecule has 0 radical (unpaired) electrons. The number of carbonyl (C=O) groups excluding carboxylic acids is 1. The Morgan fingerprint density at radius 3 is 2.48 bits per heavy atom. The molecule has 1 aliphatic rings. The largest absolute Gasteiger partial charge is 0.347 e. The fourth-order valence-electron chi connectivity index (χ4n) is 2.99. The van der Waals surface area contributed by atoms with Gasteiger partial charge in [-0.15, -0.1) is 0 Å². The number of amides is 1. The van der Waals surface area contributed by atoms with E-state index in [4.69, 9.17) is 0 Å². The monoisotopic (exact) mass is 319 g/mol. The van der Waals surface area contributed by atoms with Crippen LogP contribution in [0.5, 0.6) is 0 Å². The Kier molecular flexibility index (Phi) is 5.71. The molecule has 0 bridgehead atoms. The van der Waals surface area contributed by atoms with E-state index >= 15 is 0 Å². The maximum Gasteiger partial charge on any atom is 0.269 e. The van der Waals surface area contributed by atoms with E-state index in [2.05, 4.69) is 10.6 Å². The minimum atomic E-state index is -0.541. The minimum Gasteiger partial charge on any atom is -0.347 e. The zero-order valence-electron chi connectivity index (χ0n) is 13.8. The predicted octanol–water partition coefficient (Wildman–Crippen LogP) is 2.73. The number of piperidine rings is 1. The fraction of sp³-hybridized carbons (Fsp3) is 0.588. The number of carbonyl (C=O) groups is 1. The van der Waals surface area contributed by atoms with Crippen LogP contribution in [-0.2, 0) is 10.3 Å². The lowest BCUT2D eigenvalue weighted by Crippen LogP contribution is -2.41. The average molecular weight is 319 g/mol. The molecule has 2 rings (SSSR count). The lowest BCUT2D eigenvalue weighted by atomic mass is 9.91. The van der Waals surface area contributed by atoms with Crippen LogP contribution in [0.1, 0.15) is 45.1 Å². The number of benzene rings is 1. The van der Waals surface area contributed by atoms with Gasteiger partial charge in [0.05, 0.1) is 10.5 Å². The molecule has 0 aromatic heterocycles. The van der Waals surface area contributed by atoms with Gasteiger partial charge in [0.1, 0.15) is 0 Å². The number of nitrogens with zero attached hydrogens (tertiary/aromatic N) is 1. The molecule has 2 N–H and O–H groups in total. The summed E-state index contributed by atoms with van der Waals surface area (Å²) in [5, 5.41) is 17.1. The summed E-state index contributed by atoms with van der Waals surface area (Å²) < 4.78 is 0. The van der Waals surface area contributed by atoms with Crippen molar-refractivity contribution in [2.75, 3.05) is 13.1 Å². The first kappa shape index (κ1) is 17.4. The van der Waals surface area contributed by atoms with Crippen molar-refractivity contribution >= 4 is 11.6 Å². The van der Waals surface area contributed by atoms with Gasteiger partial charge >= 0.3 is 0 Å². The zero-order valence-corrected chi connectivity index (χ0v) is 13.8. The van der Waals surface area contributed by atoms with Crippen molar-refractivity contribution in [1.82, 2.24) is 10.6 Å². The number of nitro groups is 1. The molecule has 6 heteroatoms. The number of rotatable bonds is 6. The van der Waals surface area contributed by atoms with Crippen LogP contribution in [0.25, 0.3) is 0 Å². The van der Waals surface area contributed by atoms with Crippen LogP contribution >= 0.6 is 0 Å². The molecule has 6 nitrogen and oxygen atoms in total. The summed E-state index contributed by atoms with van der Waals surface area (Å²) in [7, 11) is 0. The molecule has 0 aliphatic carbocycles. The van der Waals surface area contributed by atoms with E-state index in [1.165, 1.54) is 12.1 Å². The molecular formula is C17H25N3O3. The number of non-ortho nitro benzene ring substituents is 1. The molecule has 23 heavy (non-hydrogen) atoms. The highest BCUT2D eigenvalue weighted by molar-refractivity contribution is 5.77. The molecule has 1 aliphatic heterocycles. The number of hydrogen-bond acceptors (Lipinski definition) is 4. The smallest absolute Gasteiger partial charge is 0.269 e. The van der Waals surface area contributed by atoms with Gasteiger partial charge in [-0.05, 0) is 69.8 Å². The van der Waals surface area contributed by atoms with E-state index in [0.29, 0.717) is 12.3 Å². The van der Waals surface area contributed by atoms with Crippen LogP contribution in [0, 0.1) is 16.0 Å². The van der Waals surface area contributed by atoms with Crippen LogP contribution in [0.2, 0.25) is 0 Å². The second kappa shape index (κ2) is 7.55. The van der Waals surface area contributed by atoms with Crippen LogP contribution in [-0.4, -0.2) is 23.9 Å². The summed E-state index contributed by atoms with van der Waals surface area (Å²) in [4.78, 5) is 22.5. The Labute approximate surface area is 136 Å². The average Bonchev–Trinajstić information content (AvgIpc) is 2.53. The molecule has 1 heterocycles. The Balaban J connectivity index is 1.88. The summed E-state index contributed by atoms with van der Waals surface area (Å²) in [6.45, 7) is 5.91. The highest BCUT2D eigenvalue weighted by Gasteiger charge is 2.24. The van der Waals surface area contributed by atoms with Crippen molar-refractivity contribution in [1.29, 1.82) is 0 Å². The molecule has 1 aromatic carbocycles. The predicted molar refractivity (Wildman–Crippen MR) is 89.1 cm³/mol. The molecule has 0 atom stereocenters. The molecule has 1 amide bonds. The number of nitrogens with one attached hydrogen (secondary N) is 2. The zero-order chi connectivity index (χ0) is 16.9. The standard InChI is InChI=1S/C17H25N3O3/c1-17(2,14-4-6-15(7-5-14)20(22)23)19-16(21)8-3-13-9-11-18-12-10-13/h4-7,13,18H,3,8-12H2,1-2H3,(H,19,21). The Bertz CT molecular complexity index is 549. The molecule has 0 unspecified atom stereocenters. The van der Waals surface area contributed by atoms with Gasteiger partial charge in [-0.25, -0.2) is 0 Å². The van der Waals surface area contributed by atoms with Crippen LogP contribution in [0.3, 0.4) is 0 Å². The maximum atomic E-state index is 12.2. The van der Waals surface area contributed by atoms with Crippen LogP contribution in [0.15, 0.2) is 24.3 Å². The van der Waals surface area contributed by atoms with E-state index in [-0.39, 0.29) is 11.6 Å². The van der Waals surface area contributed by atoms with E-state index in [0.717, 1.165) is 37.9 Å². The quantitative estimate of drug-likeness (QED) is 0.624. The highest BCUT2D eigenvalue weighted by atomic mass is 16.6. The van der Waals surface area contributed by atoms with Crippen molar-refractivity contribution in [3.05, 3.63) is 39.9 Å². The first-order chi connectivity index (χ1) is 10.9. The third-order valence-corrected chi connectivity index (χ3v) is 4.49. The van der Waals surface area contributed by atoms with Gasteiger partial charge in [0.15, 0.2) is 0 Å². The summed E-state index contributed by atoms with van der Waals surface area (Å²) in [6, 6.07) is 6.34. The number of nitro benzene ring substituents is 1. The molecule has 0 spiro atoms. The SMILES string of the molecule is CC(C)(NC(=O)CCC1CCNCC1)c1ccc([N+](=O)[O-])cc1. The normalized spacial score (nSPS) is 16.1. The van der Waals surface area contributed by atoms with E-state index in [9.17, 15) is 14.9 Å². The minimum absolute atomic E-state index is 0.0342. The summed E-state index contributed by atoms with van der Waals surface area (Å²) >= 11 is 0. The Morgan fingerprint density at radius 1 is 1.30 bits per heavy atom. The second-order valence-corrected chi connectivity index (χ2v) is 6.71. The van der Waals surface area contributed by atoms with E-state index in [1.807, 2.05) is 13.8 Å². The summed E-state index contributed by atoms with van der Waals surface area (Å²) in [5.41, 5.74) is 0.375. The fourth-order valence-corrected chi connectivity index (χ4v) is 2.99. The second-order valence-electron chi connectivity index (χ2n) is 6.71. The van der Waals surface area contributed by atoms with Crippen LogP contribution < -0.4 is 10.6 Å². The molecule has 1 fully saturated rings. The highest BCUT2D eigenvalue weighted by Crippen LogP contribution is 2.24. The van der Waals surface area contributed by atoms with Gasteiger partial charge in [0.2, 0.25) is 5.91 Å². The molecule has 1 aromatic rings. The van der Waals surface area contributed by atoms with Gasteiger partial charge in [-0.2, -0.15) is 0 Å².